The molecule has 0 radical (unpaired) electrons. The first-order chi connectivity index (χ1) is 18.1. The molecule has 4 N–H and O–H groups in total. The number of carboxylic acids is 1. The van der Waals surface area contributed by atoms with E-state index in [-0.39, 0.29) is 12.8 Å². The van der Waals surface area contributed by atoms with Gasteiger partial charge in [0.1, 0.15) is 12.7 Å². The number of carbonyl (C=O) groups is 3. The summed E-state index contributed by atoms with van der Waals surface area (Å²) in [7, 11) is -4.72. The quantitative estimate of drug-likeness (QED) is 0.0614. The fourth-order valence-electron chi connectivity index (χ4n) is 2.90. The number of rotatable bonds is 23. The molecule has 0 aliphatic carbocycles. The van der Waals surface area contributed by atoms with E-state index in [1.54, 1.807) is 6.92 Å². The molecule has 0 aromatic heterocycles. The van der Waals surface area contributed by atoms with Crippen molar-refractivity contribution in [2.75, 3.05) is 19.8 Å². The van der Waals surface area contributed by atoms with Gasteiger partial charge in [-0.2, -0.15) is 0 Å². The van der Waals surface area contributed by atoms with Crippen LogP contribution in [-0.4, -0.2) is 64.9 Å². The number of carboxylic acid groups (broad SMARTS) is 1. The summed E-state index contributed by atoms with van der Waals surface area (Å²) < 4.78 is 26.1. The average Bonchev–Trinajstić information content (AvgIpc) is 2.86. The van der Waals surface area contributed by atoms with Crippen LogP contribution in [0.1, 0.15) is 78.1 Å². The SMILES string of the molecule is CC/C=C\C/C=C\C/C=C\CCCCCC(=O)OCC(O)COP(=O)(O)OCC(NC(=O)CCC)C(=O)O. The third kappa shape index (κ3) is 21.8. The molecule has 3 atom stereocenters. The van der Waals surface area contributed by atoms with Crippen LogP contribution in [0, 0.1) is 0 Å². The lowest BCUT2D eigenvalue weighted by Crippen LogP contribution is -2.43. The summed E-state index contributed by atoms with van der Waals surface area (Å²) in [5, 5.41) is 21.1. The molecule has 3 unspecified atom stereocenters. The number of unbranched alkanes of at least 4 members (excludes halogenated alkanes) is 3. The Morgan fingerprint density at radius 1 is 0.868 bits per heavy atom. The molecular formula is C26H44NO10P. The molecule has 12 heteroatoms. The second kappa shape index (κ2) is 22.7. The molecule has 0 saturated heterocycles. The molecule has 38 heavy (non-hydrogen) atoms. The van der Waals surface area contributed by atoms with Crippen molar-refractivity contribution in [1.82, 2.24) is 5.32 Å². The molecule has 0 aliphatic rings. The van der Waals surface area contributed by atoms with Gasteiger partial charge in [-0.3, -0.25) is 18.6 Å². The van der Waals surface area contributed by atoms with E-state index in [2.05, 4.69) is 57.7 Å². The van der Waals surface area contributed by atoms with E-state index in [1.807, 2.05) is 0 Å². The molecule has 0 heterocycles. The Hall–Kier alpha value is -2.30. The first kappa shape index (κ1) is 35.7. The number of phosphoric acid groups is 1. The summed E-state index contributed by atoms with van der Waals surface area (Å²) in [6.07, 6.45) is 18.4. The predicted octanol–water partition coefficient (Wildman–Crippen LogP) is 4.20. The van der Waals surface area contributed by atoms with Crippen molar-refractivity contribution >= 4 is 25.7 Å². The maximum absolute atomic E-state index is 11.9. The minimum Gasteiger partial charge on any atom is -0.480 e. The molecule has 0 fully saturated rings. The lowest BCUT2D eigenvalue weighted by atomic mass is 10.1. The Kier molecular flexibility index (Phi) is 21.3. The highest BCUT2D eigenvalue weighted by molar-refractivity contribution is 7.47. The van der Waals surface area contributed by atoms with Crippen LogP contribution in [0.2, 0.25) is 0 Å². The van der Waals surface area contributed by atoms with E-state index in [4.69, 9.17) is 9.84 Å². The third-order valence-corrected chi connectivity index (χ3v) is 5.86. The molecular weight excluding hydrogens is 517 g/mol. The highest BCUT2D eigenvalue weighted by Gasteiger charge is 2.28. The summed E-state index contributed by atoms with van der Waals surface area (Å²) >= 11 is 0. The van der Waals surface area contributed by atoms with Gasteiger partial charge in [0.25, 0.3) is 0 Å². The normalized spacial score (nSPS) is 15.1. The summed E-state index contributed by atoms with van der Waals surface area (Å²) in [6.45, 7) is 1.91. The summed E-state index contributed by atoms with van der Waals surface area (Å²) in [5.41, 5.74) is 0. The largest absolute Gasteiger partial charge is 0.480 e. The van der Waals surface area contributed by atoms with Crippen LogP contribution in [0.25, 0.3) is 0 Å². The number of aliphatic hydroxyl groups excluding tert-OH is 1. The summed E-state index contributed by atoms with van der Waals surface area (Å²) in [6, 6.07) is -1.54. The monoisotopic (exact) mass is 561 g/mol. The zero-order valence-electron chi connectivity index (χ0n) is 22.5. The Morgan fingerprint density at radius 2 is 1.50 bits per heavy atom. The lowest BCUT2D eigenvalue weighted by Gasteiger charge is -2.18. The van der Waals surface area contributed by atoms with Gasteiger partial charge in [-0.25, -0.2) is 9.36 Å². The maximum Gasteiger partial charge on any atom is 0.472 e. The Balaban J connectivity index is 3.99. The first-order valence-corrected chi connectivity index (χ1v) is 14.5. The number of phosphoric ester groups is 1. The molecule has 1 amide bonds. The number of nitrogens with one attached hydrogen (secondary N) is 1. The molecule has 0 rings (SSSR count). The molecule has 0 saturated carbocycles. The van der Waals surface area contributed by atoms with Gasteiger partial charge in [0.2, 0.25) is 5.91 Å². The van der Waals surface area contributed by atoms with E-state index in [1.165, 1.54) is 0 Å². The minimum absolute atomic E-state index is 0.0924. The maximum atomic E-state index is 11.9. The van der Waals surface area contributed by atoms with Crippen LogP contribution in [0.5, 0.6) is 0 Å². The first-order valence-electron chi connectivity index (χ1n) is 13.0. The molecule has 0 spiro atoms. The van der Waals surface area contributed by atoms with Gasteiger partial charge in [0.05, 0.1) is 13.2 Å². The number of hydrogen-bond acceptors (Lipinski definition) is 8. The van der Waals surface area contributed by atoms with Crippen molar-refractivity contribution in [2.45, 2.75) is 90.2 Å². The van der Waals surface area contributed by atoms with Crippen LogP contribution >= 0.6 is 7.82 Å². The van der Waals surface area contributed by atoms with Crippen molar-refractivity contribution in [3.8, 4) is 0 Å². The second-order valence-corrected chi connectivity index (χ2v) is 9.95. The van der Waals surface area contributed by atoms with E-state index in [9.17, 15) is 28.9 Å². The molecule has 0 aromatic rings. The number of aliphatic hydroxyl groups is 1. The molecule has 0 bridgehead atoms. The van der Waals surface area contributed by atoms with Gasteiger partial charge >= 0.3 is 19.8 Å². The molecule has 0 aliphatic heterocycles. The number of ether oxygens (including phenoxy) is 1. The summed E-state index contributed by atoms with van der Waals surface area (Å²) in [5.74, 6) is -2.49. The van der Waals surface area contributed by atoms with Crippen molar-refractivity contribution in [3.63, 3.8) is 0 Å². The van der Waals surface area contributed by atoms with E-state index in [0.29, 0.717) is 12.8 Å². The van der Waals surface area contributed by atoms with Gasteiger partial charge in [-0.05, 0) is 44.9 Å². The fourth-order valence-corrected chi connectivity index (χ4v) is 3.67. The lowest BCUT2D eigenvalue weighted by molar-refractivity contribution is -0.147. The topological polar surface area (TPSA) is 169 Å². The van der Waals surface area contributed by atoms with Crippen molar-refractivity contribution in [3.05, 3.63) is 36.5 Å². The molecule has 218 valence electrons. The summed E-state index contributed by atoms with van der Waals surface area (Å²) in [4.78, 5) is 44.2. The van der Waals surface area contributed by atoms with Crippen LogP contribution in [-0.2, 0) is 32.7 Å². The highest BCUT2D eigenvalue weighted by Crippen LogP contribution is 2.43. The van der Waals surface area contributed by atoms with Gasteiger partial charge in [-0.1, -0.05) is 56.7 Å². The smallest absolute Gasteiger partial charge is 0.472 e. The number of esters is 1. The van der Waals surface area contributed by atoms with Crippen molar-refractivity contribution in [1.29, 1.82) is 0 Å². The zero-order valence-corrected chi connectivity index (χ0v) is 23.4. The standard InChI is InChI=1S/C26H44NO10P/c1-3-5-6-7-8-9-10-11-12-13-14-15-16-18-25(30)35-19-22(28)20-36-38(33,34)37-21-23(26(31)32)27-24(29)17-4-2/h5-6,8-9,11-12,22-23,28H,3-4,7,10,13-21H2,1-2H3,(H,27,29)(H,31,32)(H,33,34)/b6-5-,9-8-,12-11-. The van der Waals surface area contributed by atoms with Gasteiger partial charge < -0.3 is 25.2 Å². The van der Waals surface area contributed by atoms with Crippen LogP contribution < -0.4 is 5.32 Å². The second-order valence-electron chi connectivity index (χ2n) is 8.50. The van der Waals surface area contributed by atoms with Crippen LogP contribution in [0.15, 0.2) is 36.5 Å². The number of aliphatic carboxylic acids is 1. The van der Waals surface area contributed by atoms with Gasteiger partial charge in [-0.15, -0.1) is 0 Å². The van der Waals surface area contributed by atoms with Crippen molar-refractivity contribution in [2.24, 2.45) is 0 Å². The number of carbonyl (C=O) groups excluding carboxylic acids is 2. The minimum atomic E-state index is -4.72. The Labute approximate surface area is 225 Å². The fraction of sp³-hybridized carbons (Fsp3) is 0.654. The predicted molar refractivity (Wildman–Crippen MR) is 143 cm³/mol. The number of hydrogen-bond donors (Lipinski definition) is 4. The number of allylic oxidation sites excluding steroid dienone is 6. The highest BCUT2D eigenvalue weighted by atomic mass is 31.2. The van der Waals surface area contributed by atoms with E-state index < -0.39 is 57.6 Å². The van der Waals surface area contributed by atoms with E-state index >= 15 is 0 Å². The van der Waals surface area contributed by atoms with E-state index in [0.717, 1.165) is 38.5 Å². The third-order valence-electron chi connectivity index (χ3n) is 4.91. The Morgan fingerprint density at radius 3 is 2.13 bits per heavy atom. The average molecular weight is 562 g/mol. The zero-order chi connectivity index (χ0) is 28.7. The molecule has 11 nitrogen and oxygen atoms in total. The molecule has 0 aromatic carbocycles. The Bertz CT molecular complexity index is 812. The van der Waals surface area contributed by atoms with Gasteiger partial charge in [0.15, 0.2) is 6.04 Å². The van der Waals surface area contributed by atoms with Crippen LogP contribution in [0.3, 0.4) is 0 Å². The number of amides is 1. The van der Waals surface area contributed by atoms with Crippen LogP contribution in [0.4, 0.5) is 0 Å². The van der Waals surface area contributed by atoms with Crippen molar-refractivity contribution < 1.29 is 47.8 Å². The van der Waals surface area contributed by atoms with Gasteiger partial charge in [0, 0.05) is 12.8 Å².